The summed E-state index contributed by atoms with van der Waals surface area (Å²) in [6.07, 6.45) is 7.98. The summed E-state index contributed by atoms with van der Waals surface area (Å²) < 4.78 is 11.9. The van der Waals surface area contributed by atoms with Gasteiger partial charge in [-0.05, 0) is 65.5 Å². The maximum Gasteiger partial charge on any atom is 0.217 e. The number of fused-ring (bicyclic) bond motifs is 13. The number of benzene rings is 3. The molecular weight excluding hydrogens is 613 g/mol. The highest BCUT2D eigenvalue weighted by Crippen LogP contribution is 2.46. The molecule has 8 rings (SSSR count). The number of furan rings is 1. The molecule has 0 spiro atoms. The van der Waals surface area contributed by atoms with Crippen LogP contribution in [0, 0.1) is 5.92 Å². The maximum atomic E-state index is 6.76. The van der Waals surface area contributed by atoms with Crippen LogP contribution >= 0.6 is 0 Å². The van der Waals surface area contributed by atoms with E-state index in [1.165, 1.54) is 61.1 Å². The van der Waals surface area contributed by atoms with Crippen molar-refractivity contribution in [2.24, 2.45) is 5.92 Å². The summed E-state index contributed by atoms with van der Waals surface area (Å²) in [6.45, 7) is 22.5. The summed E-state index contributed by atoms with van der Waals surface area (Å²) in [5.74, 6) is 1.34. The Morgan fingerprint density at radius 2 is 1.65 bits per heavy atom. The molecule has 0 radical (unpaired) electrons. The minimum absolute atomic E-state index is 0.162. The highest BCUT2D eigenvalue weighted by molar-refractivity contribution is 6.89. The fourth-order valence-corrected chi connectivity index (χ4v) is 10.4. The largest absolute Gasteiger partial charge is 0.455 e. The first-order valence-electron chi connectivity index (χ1n) is 18.3. The summed E-state index contributed by atoms with van der Waals surface area (Å²) in [7, 11) is -1.64. The molecule has 4 heteroatoms. The van der Waals surface area contributed by atoms with E-state index >= 15 is 0 Å². The molecule has 2 aliphatic heterocycles. The molecule has 3 aromatic heterocycles. The molecule has 0 bridgehead atoms. The fourth-order valence-electron chi connectivity index (χ4n) is 8.75. The van der Waals surface area contributed by atoms with Crippen LogP contribution in [0.4, 0.5) is 0 Å². The Hall–Kier alpha value is -4.28. The zero-order chi connectivity index (χ0) is 34.2. The lowest BCUT2D eigenvalue weighted by Crippen LogP contribution is -2.55. The van der Waals surface area contributed by atoms with Crippen molar-refractivity contribution in [3.63, 3.8) is 0 Å². The van der Waals surface area contributed by atoms with Crippen LogP contribution in [-0.4, -0.2) is 8.07 Å². The molecule has 0 saturated carbocycles. The number of nitrogens with zero attached hydrogens (tertiary/aromatic N) is 2. The SMILES string of the molecule is C=C1C[n+]2ccc(C(C)C)cc2-c2c(ccc3c2oc2ccccc23)CCC2c3ccccc3-c3cc(CC(C)C)c([Si](C)(C)C)c[n+]3C12. The Bertz CT molecular complexity index is 2270. The van der Waals surface area contributed by atoms with Gasteiger partial charge in [-0.3, -0.25) is 0 Å². The van der Waals surface area contributed by atoms with Gasteiger partial charge in [0.1, 0.15) is 11.2 Å². The average Bonchev–Trinajstić information content (AvgIpc) is 3.44. The number of para-hydroxylation sites is 1. The van der Waals surface area contributed by atoms with E-state index in [2.05, 4.69) is 148 Å². The van der Waals surface area contributed by atoms with E-state index in [9.17, 15) is 0 Å². The maximum absolute atomic E-state index is 6.76. The molecule has 0 saturated heterocycles. The topological polar surface area (TPSA) is 20.9 Å². The van der Waals surface area contributed by atoms with Crippen LogP contribution in [0.15, 0.2) is 108 Å². The first-order chi connectivity index (χ1) is 23.5. The number of hydrogen-bond acceptors (Lipinski definition) is 1. The quantitative estimate of drug-likeness (QED) is 0.105. The minimum Gasteiger partial charge on any atom is -0.455 e. The molecule has 0 N–H and O–H groups in total. The van der Waals surface area contributed by atoms with Crippen LogP contribution in [0.5, 0.6) is 0 Å². The Morgan fingerprint density at radius 1 is 0.878 bits per heavy atom. The number of rotatable bonds is 4. The normalized spacial score (nSPS) is 17.5. The van der Waals surface area contributed by atoms with Crippen molar-refractivity contribution in [1.29, 1.82) is 0 Å². The lowest BCUT2D eigenvalue weighted by atomic mass is 9.76. The second-order valence-corrected chi connectivity index (χ2v) is 21.4. The molecule has 248 valence electrons. The van der Waals surface area contributed by atoms with Gasteiger partial charge < -0.3 is 4.42 Å². The molecular formula is C45H50N2OSi+2. The first kappa shape index (κ1) is 32.0. The smallest absolute Gasteiger partial charge is 0.217 e. The van der Waals surface area contributed by atoms with E-state index in [4.69, 9.17) is 11.0 Å². The monoisotopic (exact) mass is 662 g/mol. The van der Waals surface area contributed by atoms with Gasteiger partial charge in [0.15, 0.2) is 25.0 Å². The Balaban J connectivity index is 1.37. The Morgan fingerprint density at radius 3 is 2.43 bits per heavy atom. The Labute approximate surface area is 293 Å². The molecule has 0 aliphatic carbocycles. The summed E-state index contributed by atoms with van der Waals surface area (Å²) in [6, 6.07) is 29.8. The number of allylic oxidation sites excluding steroid dienone is 1. The zero-order valence-electron chi connectivity index (χ0n) is 30.3. The van der Waals surface area contributed by atoms with E-state index in [1.807, 2.05) is 0 Å². The minimum atomic E-state index is -1.64. The van der Waals surface area contributed by atoms with Crippen LogP contribution in [0.3, 0.4) is 0 Å². The fraction of sp³-hybridized carbons (Fsp3) is 0.333. The van der Waals surface area contributed by atoms with Crippen molar-refractivity contribution in [2.75, 3.05) is 0 Å². The summed E-state index contributed by atoms with van der Waals surface area (Å²) in [5, 5.41) is 3.95. The zero-order valence-corrected chi connectivity index (χ0v) is 31.3. The van der Waals surface area contributed by atoms with E-state index in [0.717, 1.165) is 37.0 Å². The molecule has 0 fully saturated rings. The van der Waals surface area contributed by atoms with Gasteiger partial charge in [-0.1, -0.05) is 102 Å². The third kappa shape index (κ3) is 5.40. The Kier molecular flexibility index (Phi) is 7.79. The van der Waals surface area contributed by atoms with Crippen LogP contribution in [0.1, 0.15) is 74.2 Å². The summed E-state index contributed by atoms with van der Waals surface area (Å²) >= 11 is 0. The van der Waals surface area contributed by atoms with E-state index in [0.29, 0.717) is 17.8 Å². The second-order valence-electron chi connectivity index (χ2n) is 16.4. The van der Waals surface area contributed by atoms with Crippen molar-refractivity contribution < 1.29 is 13.6 Å². The van der Waals surface area contributed by atoms with Gasteiger partial charge in [-0.25, -0.2) is 0 Å². The molecule has 0 amide bonds. The third-order valence-corrected chi connectivity index (χ3v) is 13.2. The molecule has 2 aliphatic rings. The standard InChI is InChI=1S/C45H50N2OSi/c1-28(2)23-33-25-39-35-14-10-9-13-34(35)37-19-17-31-18-20-38-36-15-11-12-16-41(36)48-45(38)43(31)40-24-32(29(3)4)21-22-46(40)26-30(5)44(37)47(39)27-42(33)49(6,7)8/h9-16,18,20-22,24-25,27-29,37,44H,5,17,19,23,26H2,1-4,6-8H3/q+2. The average molecular weight is 663 g/mol. The first-order valence-corrected chi connectivity index (χ1v) is 21.8. The summed E-state index contributed by atoms with van der Waals surface area (Å²) in [4.78, 5) is 0. The molecule has 2 unspecified atom stereocenters. The number of aromatic nitrogens is 2. The van der Waals surface area contributed by atoms with E-state index in [1.54, 1.807) is 5.19 Å². The number of hydrogen-bond donors (Lipinski definition) is 0. The van der Waals surface area contributed by atoms with Gasteiger partial charge in [-0.15, -0.1) is 0 Å². The molecule has 3 nitrogen and oxygen atoms in total. The van der Waals surface area contributed by atoms with Crippen LogP contribution in [0.2, 0.25) is 19.6 Å². The van der Waals surface area contributed by atoms with Crippen molar-refractivity contribution in [1.82, 2.24) is 0 Å². The molecule has 2 atom stereocenters. The van der Waals surface area contributed by atoms with E-state index < -0.39 is 8.07 Å². The molecule has 49 heavy (non-hydrogen) atoms. The predicted molar refractivity (Wildman–Crippen MR) is 206 cm³/mol. The molecule has 3 aromatic carbocycles. The molecule has 5 heterocycles. The highest BCUT2D eigenvalue weighted by Gasteiger charge is 2.45. The van der Waals surface area contributed by atoms with Crippen molar-refractivity contribution in [2.45, 2.75) is 91.0 Å². The van der Waals surface area contributed by atoms with Gasteiger partial charge in [-0.2, -0.15) is 9.13 Å². The van der Waals surface area contributed by atoms with E-state index in [-0.39, 0.29) is 6.04 Å². The van der Waals surface area contributed by atoms with Crippen LogP contribution in [0.25, 0.3) is 44.5 Å². The third-order valence-electron chi connectivity index (χ3n) is 11.1. The summed E-state index contributed by atoms with van der Waals surface area (Å²) in [5.41, 5.74) is 14.1. The van der Waals surface area contributed by atoms with Crippen molar-refractivity contribution >= 4 is 35.2 Å². The highest BCUT2D eigenvalue weighted by atomic mass is 28.3. The predicted octanol–water partition coefficient (Wildman–Crippen LogP) is 10.2. The lowest BCUT2D eigenvalue weighted by molar-refractivity contribution is -0.722. The van der Waals surface area contributed by atoms with Crippen molar-refractivity contribution in [3.05, 3.63) is 126 Å². The number of pyridine rings is 2. The van der Waals surface area contributed by atoms with Gasteiger partial charge in [0.2, 0.25) is 11.4 Å². The molecule has 6 aromatic rings. The van der Waals surface area contributed by atoms with Crippen molar-refractivity contribution in [3.8, 4) is 22.5 Å². The second kappa shape index (κ2) is 11.9. The van der Waals surface area contributed by atoms with Gasteiger partial charge in [0.05, 0.1) is 25.1 Å². The van der Waals surface area contributed by atoms with Crippen LogP contribution in [-0.2, 0) is 19.4 Å². The van der Waals surface area contributed by atoms with Gasteiger partial charge in [0, 0.05) is 39.7 Å². The lowest BCUT2D eigenvalue weighted by Gasteiger charge is -2.33. The van der Waals surface area contributed by atoms with Gasteiger partial charge in [0.25, 0.3) is 0 Å². The van der Waals surface area contributed by atoms with Crippen LogP contribution < -0.4 is 14.3 Å². The van der Waals surface area contributed by atoms with Gasteiger partial charge >= 0.3 is 0 Å². The number of aryl methyl sites for hydroxylation is 1.